The lowest BCUT2D eigenvalue weighted by atomic mass is 9.79. The van der Waals surface area contributed by atoms with E-state index in [-0.39, 0.29) is 24.3 Å². The zero-order valence-corrected chi connectivity index (χ0v) is 12.8. The summed E-state index contributed by atoms with van der Waals surface area (Å²) in [4.78, 5) is 25.9. The van der Waals surface area contributed by atoms with E-state index in [1.165, 1.54) is 4.90 Å². The van der Waals surface area contributed by atoms with Gasteiger partial charge in [0, 0.05) is 6.04 Å². The minimum absolute atomic E-state index is 0.00830. The van der Waals surface area contributed by atoms with Crippen molar-refractivity contribution in [3.05, 3.63) is 0 Å². The molecule has 0 radical (unpaired) electrons. The number of carbonyl (C=O) groups excluding carboxylic acids is 2. The van der Waals surface area contributed by atoms with Crippen LogP contribution in [-0.4, -0.2) is 40.3 Å². The Labute approximate surface area is 125 Å². The van der Waals surface area contributed by atoms with Gasteiger partial charge in [0.2, 0.25) is 11.8 Å². The topological polar surface area (TPSA) is 122 Å². The molecule has 1 aliphatic carbocycles. The van der Waals surface area contributed by atoms with Crippen molar-refractivity contribution in [1.29, 1.82) is 0 Å². The van der Waals surface area contributed by atoms with Crippen molar-refractivity contribution in [3.8, 4) is 0 Å². The fourth-order valence-electron chi connectivity index (χ4n) is 3.15. The lowest BCUT2D eigenvalue weighted by Crippen LogP contribution is -2.55. The molecule has 0 spiro atoms. The van der Waals surface area contributed by atoms with Crippen LogP contribution in [0.1, 0.15) is 52.4 Å². The molecule has 0 aliphatic heterocycles. The highest BCUT2D eigenvalue weighted by Crippen LogP contribution is 2.33. The quantitative estimate of drug-likeness (QED) is 0.278. The highest BCUT2D eigenvalue weighted by molar-refractivity contribution is 6.07. The molecule has 120 valence electrons. The first kappa shape index (κ1) is 17.3. The molecular weight excluding hydrogens is 272 g/mol. The molecule has 0 atom stereocenters. The number of nitrogens with zero attached hydrogens (tertiary/aromatic N) is 2. The largest absolute Gasteiger partial charge is 0.409 e. The van der Waals surface area contributed by atoms with Crippen molar-refractivity contribution in [2.45, 2.75) is 58.4 Å². The van der Waals surface area contributed by atoms with Gasteiger partial charge in [0.15, 0.2) is 5.84 Å². The molecule has 1 rings (SSSR count). The standard InChI is InChI=1S/C14H26N4O3/c1-3-14(4-2,12(16)17-21)13(20)18(9-11(15)19)10-7-5-6-8-10/h10,21H,3-9H2,1-2H3,(H2,15,19)(H2,16,17). The summed E-state index contributed by atoms with van der Waals surface area (Å²) in [5.74, 6) is -0.922. The second-order valence-electron chi connectivity index (χ2n) is 5.61. The molecule has 1 aliphatic rings. The minimum atomic E-state index is -1.08. The number of nitrogens with two attached hydrogens (primary N) is 2. The van der Waals surface area contributed by atoms with Crippen LogP contribution in [-0.2, 0) is 9.59 Å². The van der Waals surface area contributed by atoms with Crippen molar-refractivity contribution in [2.24, 2.45) is 22.0 Å². The zero-order chi connectivity index (χ0) is 16.0. The van der Waals surface area contributed by atoms with Gasteiger partial charge in [0.05, 0.1) is 6.54 Å². The zero-order valence-electron chi connectivity index (χ0n) is 12.8. The van der Waals surface area contributed by atoms with Gasteiger partial charge in [-0.05, 0) is 25.7 Å². The molecular formula is C14H26N4O3. The third kappa shape index (κ3) is 3.46. The van der Waals surface area contributed by atoms with E-state index in [2.05, 4.69) is 5.16 Å². The number of hydrogen-bond acceptors (Lipinski definition) is 4. The molecule has 7 nitrogen and oxygen atoms in total. The summed E-state index contributed by atoms with van der Waals surface area (Å²) in [6.45, 7) is 3.51. The predicted molar refractivity (Wildman–Crippen MR) is 79.6 cm³/mol. The van der Waals surface area contributed by atoms with Crippen LogP contribution in [0, 0.1) is 5.41 Å². The predicted octanol–water partition coefficient (Wildman–Crippen LogP) is 0.796. The van der Waals surface area contributed by atoms with Gasteiger partial charge < -0.3 is 21.6 Å². The minimum Gasteiger partial charge on any atom is -0.409 e. The lowest BCUT2D eigenvalue weighted by molar-refractivity contribution is -0.144. The maximum atomic E-state index is 13.0. The van der Waals surface area contributed by atoms with Gasteiger partial charge in [-0.15, -0.1) is 0 Å². The Kier molecular flexibility index (Phi) is 5.99. The van der Waals surface area contributed by atoms with Crippen LogP contribution in [0.4, 0.5) is 0 Å². The molecule has 1 fully saturated rings. The number of carbonyl (C=O) groups is 2. The van der Waals surface area contributed by atoms with Crippen molar-refractivity contribution >= 4 is 17.6 Å². The van der Waals surface area contributed by atoms with Crippen molar-refractivity contribution in [1.82, 2.24) is 4.90 Å². The Morgan fingerprint density at radius 2 is 1.76 bits per heavy atom. The average Bonchev–Trinajstić information content (AvgIpc) is 2.99. The van der Waals surface area contributed by atoms with E-state index in [4.69, 9.17) is 16.7 Å². The van der Waals surface area contributed by atoms with E-state index in [1.54, 1.807) is 0 Å². The van der Waals surface area contributed by atoms with Crippen molar-refractivity contribution < 1.29 is 14.8 Å². The molecule has 0 aromatic rings. The summed E-state index contributed by atoms with van der Waals surface area (Å²) in [7, 11) is 0. The Balaban J connectivity index is 3.14. The number of oxime groups is 1. The van der Waals surface area contributed by atoms with E-state index in [0.717, 1.165) is 25.7 Å². The Hall–Kier alpha value is -1.79. The normalized spacial score (nSPS) is 17.0. The van der Waals surface area contributed by atoms with E-state index in [1.807, 2.05) is 13.8 Å². The summed E-state index contributed by atoms with van der Waals surface area (Å²) in [5, 5.41) is 12.1. The average molecular weight is 298 g/mol. The van der Waals surface area contributed by atoms with Crippen LogP contribution in [0.2, 0.25) is 0 Å². The van der Waals surface area contributed by atoms with Gasteiger partial charge in [0.25, 0.3) is 0 Å². The number of amidine groups is 1. The summed E-state index contributed by atoms with van der Waals surface area (Å²) >= 11 is 0. The molecule has 2 amide bonds. The third-order valence-corrected chi connectivity index (χ3v) is 4.57. The summed E-state index contributed by atoms with van der Waals surface area (Å²) < 4.78 is 0. The molecule has 0 heterocycles. The van der Waals surface area contributed by atoms with Gasteiger partial charge in [-0.2, -0.15) is 0 Å². The van der Waals surface area contributed by atoms with Gasteiger partial charge >= 0.3 is 0 Å². The van der Waals surface area contributed by atoms with E-state index in [9.17, 15) is 9.59 Å². The maximum absolute atomic E-state index is 13.0. The fraction of sp³-hybridized carbons (Fsp3) is 0.786. The monoisotopic (exact) mass is 298 g/mol. The number of amides is 2. The summed E-state index contributed by atoms with van der Waals surface area (Å²) in [6, 6.07) is 0.00830. The number of primary amides is 1. The fourth-order valence-corrected chi connectivity index (χ4v) is 3.15. The molecule has 1 saturated carbocycles. The SMILES string of the molecule is CCC(CC)(C(=O)N(CC(N)=O)C1CCCC1)C(N)=NO. The molecule has 0 unspecified atom stereocenters. The molecule has 0 aromatic carbocycles. The Morgan fingerprint density at radius 1 is 1.24 bits per heavy atom. The van der Waals surface area contributed by atoms with Crippen LogP contribution in [0.5, 0.6) is 0 Å². The second-order valence-corrected chi connectivity index (χ2v) is 5.61. The number of hydrogen-bond donors (Lipinski definition) is 3. The summed E-state index contributed by atoms with van der Waals surface area (Å²) in [5.41, 5.74) is 9.99. The second kappa shape index (κ2) is 7.28. The number of rotatable bonds is 7. The molecule has 7 heteroatoms. The van der Waals surface area contributed by atoms with Crippen LogP contribution >= 0.6 is 0 Å². The van der Waals surface area contributed by atoms with E-state index >= 15 is 0 Å². The Bertz CT molecular complexity index is 412. The molecule has 5 N–H and O–H groups in total. The molecule has 0 bridgehead atoms. The molecule has 0 aromatic heterocycles. The van der Waals surface area contributed by atoms with Crippen LogP contribution in [0.25, 0.3) is 0 Å². The molecule has 21 heavy (non-hydrogen) atoms. The van der Waals surface area contributed by atoms with Crippen molar-refractivity contribution in [2.75, 3.05) is 6.54 Å². The van der Waals surface area contributed by atoms with Crippen LogP contribution in [0.15, 0.2) is 5.16 Å². The van der Waals surface area contributed by atoms with Gasteiger partial charge in [0.1, 0.15) is 5.41 Å². The Morgan fingerprint density at radius 3 is 2.14 bits per heavy atom. The molecule has 0 saturated heterocycles. The van der Waals surface area contributed by atoms with Gasteiger partial charge in [-0.25, -0.2) is 0 Å². The van der Waals surface area contributed by atoms with Gasteiger partial charge in [-0.3, -0.25) is 9.59 Å². The first-order valence-corrected chi connectivity index (χ1v) is 7.50. The highest BCUT2D eigenvalue weighted by Gasteiger charge is 2.44. The third-order valence-electron chi connectivity index (χ3n) is 4.57. The summed E-state index contributed by atoms with van der Waals surface area (Å²) in [6.07, 6.45) is 4.59. The van der Waals surface area contributed by atoms with Crippen LogP contribution < -0.4 is 11.5 Å². The first-order chi connectivity index (χ1) is 9.92. The first-order valence-electron chi connectivity index (χ1n) is 7.50. The maximum Gasteiger partial charge on any atom is 0.237 e. The van der Waals surface area contributed by atoms with E-state index < -0.39 is 11.3 Å². The van der Waals surface area contributed by atoms with Crippen LogP contribution in [0.3, 0.4) is 0 Å². The highest BCUT2D eigenvalue weighted by atomic mass is 16.4. The van der Waals surface area contributed by atoms with Gasteiger partial charge in [-0.1, -0.05) is 31.8 Å². The smallest absolute Gasteiger partial charge is 0.237 e. The van der Waals surface area contributed by atoms with E-state index in [0.29, 0.717) is 12.8 Å². The lowest BCUT2D eigenvalue weighted by Gasteiger charge is -2.37. The van der Waals surface area contributed by atoms with Crippen molar-refractivity contribution in [3.63, 3.8) is 0 Å².